The number of anilines is 1. The van der Waals surface area contributed by atoms with Gasteiger partial charge in [0.15, 0.2) is 0 Å². The highest BCUT2D eigenvalue weighted by molar-refractivity contribution is 7.62. The van der Waals surface area contributed by atoms with Gasteiger partial charge in [0.1, 0.15) is 0 Å². The van der Waals surface area contributed by atoms with E-state index in [2.05, 4.69) is 5.32 Å². The molecule has 0 bridgehead atoms. The van der Waals surface area contributed by atoms with Crippen molar-refractivity contribution >= 4 is 31.5 Å². The third-order valence-electron chi connectivity index (χ3n) is 1.90. The Labute approximate surface area is 91.4 Å². The number of hydrogen-bond donors (Lipinski definition) is 5. The highest BCUT2D eigenvalue weighted by Gasteiger charge is 2.29. The fraction of sp³-hybridized carbons (Fsp3) is 0.143. The van der Waals surface area contributed by atoms with Gasteiger partial charge in [0.25, 0.3) is 0 Å². The van der Waals surface area contributed by atoms with E-state index in [-0.39, 0.29) is 5.69 Å². The van der Waals surface area contributed by atoms with Crippen LogP contribution in [0.1, 0.15) is 0 Å². The Bertz CT molecular complexity index is 449. The molecule has 0 fully saturated rings. The smallest absolute Gasteiger partial charge is 0.358 e. The van der Waals surface area contributed by atoms with Gasteiger partial charge in [-0.1, -0.05) is 6.07 Å². The molecule has 1 rings (SSSR count). The van der Waals surface area contributed by atoms with Crippen LogP contribution in [0.4, 0.5) is 5.69 Å². The van der Waals surface area contributed by atoms with E-state index in [1.54, 1.807) is 0 Å². The summed E-state index contributed by atoms with van der Waals surface area (Å²) in [6.07, 6.45) is 0. The quantitative estimate of drug-likeness (QED) is 0.460. The number of para-hydroxylation sites is 1. The predicted molar refractivity (Wildman–Crippen MR) is 59.3 cm³/mol. The summed E-state index contributed by atoms with van der Waals surface area (Å²) in [5.74, 6) is 0. The first-order chi connectivity index (χ1) is 7.18. The second kappa shape index (κ2) is 4.30. The molecule has 0 radical (unpaired) electrons. The van der Waals surface area contributed by atoms with Gasteiger partial charge in [-0.2, -0.15) is 0 Å². The van der Waals surface area contributed by atoms with E-state index in [4.69, 9.17) is 19.6 Å². The molecule has 9 heteroatoms. The zero-order valence-corrected chi connectivity index (χ0v) is 10.0. The molecule has 0 aliphatic heterocycles. The number of benzene rings is 1. The van der Waals surface area contributed by atoms with Crippen LogP contribution in [0.3, 0.4) is 0 Å². The second-order valence-corrected chi connectivity index (χ2v) is 6.15. The lowest BCUT2D eigenvalue weighted by atomic mass is 10.3. The maximum atomic E-state index is 11.1. The molecule has 5 N–H and O–H groups in total. The molecule has 0 aromatic heterocycles. The average molecular weight is 267 g/mol. The number of hydrogen-bond acceptors (Lipinski definition) is 3. The summed E-state index contributed by atoms with van der Waals surface area (Å²) in [6.45, 7) is 0. The SMILES string of the molecule is CNc1c(P(=O)(O)O)cccc1P(=O)(O)O. The molecule has 0 unspecified atom stereocenters. The van der Waals surface area contributed by atoms with Crippen molar-refractivity contribution in [1.82, 2.24) is 0 Å². The van der Waals surface area contributed by atoms with Crippen molar-refractivity contribution in [2.45, 2.75) is 0 Å². The van der Waals surface area contributed by atoms with Gasteiger partial charge in [0.2, 0.25) is 0 Å². The minimum Gasteiger partial charge on any atom is -0.387 e. The Kier molecular flexibility index (Phi) is 3.59. The van der Waals surface area contributed by atoms with Crippen molar-refractivity contribution in [3.8, 4) is 0 Å². The normalized spacial score (nSPS) is 12.6. The van der Waals surface area contributed by atoms with Crippen molar-refractivity contribution in [3.05, 3.63) is 18.2 Å². The molecule has 0 saturated carbocycles. The molecule has 0 heterocycles. The van der Waals surface area contributed by atoms with Gasteiger partial charge >= 0.3 is 15.2 Å². The zero-order valence-electron chi connectivity index (χ0n) is 8.23. The summed E-state index contributed by atoms with van der Waals surface area (Å²) >= 11 is 0. The van der Waals surface area contributed by atoms with Crippen LogP contribution in [-0.4, -0.2) is 26.6 Å². The van der Waals surface area contributed by atoms with E-state index < -0.39 is 25.8 Å². The van der Waals surface area contributed by atoms with E-state index in [0.717, 1.165) is 12.1 Å². The van der Waals surface area contributed by atoms with Gasteiger partial charge < -0.3 is 24.9 Å². The molecule has 0 aliphatic carbocycles. The summed E-state index contributed by atoms with van der Waals surface area (Å²) in [4.78, 5) is 36.0. The Hall–Kier alpha value is -0.680. The summed E-state index contributed by atoms with van der Waals surface area (Å²) < 4.78 is 22.2. The second-order valence-electron chi connectivity index (χ2n) is 3.01. The minimum atomic E-state index is -4.57. The van der Waals surface area contributed by atoms with Crippen LogP contribution >= 0.6 is 15.2 Å². The summed E-state index contributed by atoms with van der Waals surface area (Å²) in [5, 5.41) is 1.52. The molecule has 0 atom stereocenters. The standard InChI is InChI=1S/C7H11NO6P2/c1-8-7-5(15(9,10)11)3-2-4-6(7)16(12,13)14/h2-4,8H,1H3,(H2,9,10,11)(H2,12,13,14). The minimum absolute atomic E-state index is 0.232. The summed E-state index contributed by atoms with van der Waals surface area (Å²) in [5.41, 5.74) is -0.232. The van der Waals surface area contributed by atoms with Crippen molar-refractivity contribution < 1.29 is 28.7 Å². The van der Waals surface area contributed by atoms with Crippen molar-refractivity contribution in [2.75, 3.05) is 12.4 Å². The molecule has 0 saturated heterocycles. The first kappa shape index (κ1) is 13.4. The summed E-state index contributed by atoms with van der Waals surface area (Å²) in [6, 6.07) is 3.42. The lowest BCUT2D eigenvalue weighted by Gasteiger charge is -2.15. The summed E-state index contributed by atoms with van der Waals surface area (Å²) in [7, 11) is -7.82. The fourth-order valence-corrected chi connectivity index (χ4v) is 2.97. The molecule has 90 valence electrons. The zero-order chi connectivity index (χ0) is 12.6. The monoisotopic (exact) mass is 267 g/mol. The van der Waals surface area contributed by atoms with E-state index in [1.165, 1.54) is 13.1 Å². The van der Waals surface area contributed by atoms with Gasteiger partial charge in [-0.05, 0) is 12.1 Å². The highest BCUT2D eigenvalue weighted by Crippen LogP contribution is 2.41. The Morgan fingerprint density at radius 2 is 1.38 bits per heavy atom. The fourth-order valence-electron chi connectivity index (χ4n) is 1.27. The maximum absolute atomic E-state index is 11.1. The average Bonchev–Trinajstić information content (AvgIpc) is 2.13. The highest BCUT2D eigenvalue weighted by atomic mass is 31.2. The first-order valence-corrected chi connectivity index (χ1v) is 7.33. The maximum Gasteiger partial charge on any atom is 0.358 e. The molecule has 0 amide bonds. The first-order valence-electron chi connectivity index (χ1n) is 4.11. The van der Waals surface area contributed by atoms with E-state index >= 15 is 0 Å². The van der Waals surface area contributed by atoms with E-state index in [9.17, 15) is 9.13 Å². The van der Waals surface area contributed by atoms with Crippen LogP contribution < -0.4 is 15.9 Å². The van der Waals surface area contributed by atoms with Gasteiger partial charge in [0, 0.05) is 7.05 Å². The molecular formula is C7H11NO6P2. The van der Waals surface area contributed by atoms with Crippen LogP contribution in [0.2, 0.25) is 0 Å². The van der Waals surface area contributed by atoms with Gasteiger partial charge in [-0.3, -0.25) is 9.13 Å². The van der Waals surface area contributed by atoms with E-state index in [0.29, 0.717) is 0 Å². The molecular weight excluding hydrogens is 256 g/mol. The third kappa shape index (κ3) is 2.71. The van der Waals surface area contributed by atoms with Crippen LogP contribution in [0.25, 0.3) is 0 Å². The van der Waals surface area contributed by atoms with Gasteiger partial charge in [-0.25, -0.2) is 0 Å². The third-order valence-corrected chi connectivity index (χ3v) is 3.90. The molecule has 16 heavy (non-hydrogen) atoms. The van der Waals surface area contributed by atoms with Crippen LogP contribution in [0, 0.1) is 0 Å². The lowest BCUT2D eigenvalue weighted by Crippen LogP contribution is -2.20. The predicted octanol–water partition coefficient (Wildman–Crippen LogP) is -0.666. The van der Waals surface area contributed by atoms with Gasteiger partial charge in [-0.15, -0.1) is 0 Å². The number of nitrogens with one attached hydrogen (secondary N) is 1. The van der Waals surface area contributed by atoms with Crippen molar-refractivity contribution in [3.63, 3.8) is 0 Å². The molecule has 1 aromatic rings. The van der Waals surface area contributed by atoms with Crippen molar-refractivity contribution in [2.24, 2.45) is 0 Å². The van der Waals surface area contributed by atoms with Crippen LogP contribution in [-0.2, 0) is 9.13 Å². The molecule has 7 nitrogen and oxygen atoms in total. The Morgan fingerprint density at radius 3 is 1.62 bits per heavy atom. The Balaban J connectivity index is 3.57. The van der Waals surface area contributed by atoms with Crippen LogP contribution in [0.15, 0.2) is 18.2 Å². The van der Waals surface area contributed by atoms with Gasteiger partial charge in [0.05, 0.1) is 16.3 Å². The van der Waals surface area contributed by atoms with Crippen molar-refractivity contribution in [1.29, 1.82) is 0 Å². The largest absolute Gasteiger partial charge is 0.387 e. The topological polar surface area (TPSA) is 127 Å². The molecule has 0 aliphatic rings. The molecule has 1 aromatic carbocycles. The number of rotatable bonds is 3. The van der Waals surface area contributed by atoms with Crippen LogP contribution in [0.5, 0.6) is 0 Å². The Morgan fingerprint density at radius 1 is 1.00 bits per heavy atom. The lowest BCUT2D eigenvalue weighted by molar-refractivity contribution is 0.386. The molecule has 0 spiro atoms. The van der Waals surface area contributed by atoms with E-state index in [1.807, 2.05) is 0 Å².